The van der Waals surface area contributed by atoms with Gasteiger partial charge in [0.2, 0.25) is 6.29 Å². The first-order valence-corrected chi connectivity index (χ1v) is 5.23. The zero-order valence-electron chi connectivity index (χ0n) is 8.55. The third kappa shape index (κ3) is 1.28. The molecule has 4 nitrogen and oxygen atoms in total. The lowest BCUT2D eigenvalue weighted by Gasteiger charge is -2.22. The van der Waals surface area contributed by atoms with E-state index >= 15 is 0 Å². The largest absolute Gasteiger partial charge is 0.497 e. The molecule has 4 atom stereocenters. The number of methoxy groups -OCH3 is 1. The first-order chi connectivity index (χ1) is 7.29. The smallest absolute Gasteiger partial charge is 0.203 e. The SMILES string of the molecule is COC1=CC(O)C2C(=C1)OC1OCCC12. The number of ether oxygens (including phenoxy) is 3. The van der Waals surface area contributed by atoms with Crippen molar-refractivity contribution in [2.75, 3.05) is 13.7 Å². The second-order valence-electron chi connectivity index (χ2n) is 4.15. The molecule has 1 N–H and O–H groups in total. The number of fused-ring (bicyclic) bond motifs is 3. The van der Waals surface area contributed by atoms with Crippen LogP contribution >= 0.6 is 0 Å². The standard InChI is InChI=1S/C11H14O4/c1-13-6-4-8(12)10-7-2-3-14-11(7)15-9(10)5-6/h4-5,7-8,10-12H,2-3H2,1H3. The van der Waals surface area contributed by atoms with Gasteiger partial charge >= 0.3 is 0 Å². The molecule has 0 aromatic carbocycles. The van der Waals surface area contributed by atoms with Crippen molar-refractivity contribution in [3.63, 3.8) is 0 Å². The van der Waals surface area contributed by atoms with Crippen molar-refractivity contribution in [1.82, 2.24) is 0 Å². The normalized spacial score (nSPS) is 42.5. The highest BCUT2D eigenvalue weighted by Gasteiger charge is 2.49. The van der Waals surface area contributed by atoms with Crippen LogP contribution in [0.5, 0.6) is 0 Å². The van der Waals surface area contributed by atoms with E-state index in [1.165, 1.54) is 0 Å². The molecule has 15 heavy (non-hydrogen) atoms. The van der Waals surface area contributed by atoms with Crippen LogP contribution in [0.25, 0.3) is 0 Å². The lowest BCUT2D eigenvalue weighted by molar-refractivity contribution is -0.0713. The third-order valence-electron chi connectivity index (χ3n) is 3.35. The van der Waals surface area contributed by atoms with E-state index in [2.05, 4.69) is 0 Å². The molecule has 2 aliphatic heterocycles. The fourth-order valence-electron chi connectivity index (χ4n) is 2.61. The predicted octanol–water partition coefficient (Wildman–Crippen LogP) is 0.784. The molecular weight excluding hydrogens is 196 g/mol. The molecular formula is C11H14O4. The minimum Gasteiger partial charge on any atom is -0.497 e. The maximum atomic E-state index is 10.00. The van der Waals surface area contributed by atoms with Crippen LogP contribution in [0.4, 0.5) is 0 Å². The number of allylic oxidation sites excluding steroid dienone is 1. The summed E-state index contributed by atoms with van der Waals surface area (Å²) in [5.74, 6) is 1.81. The molecule has 4 unspecified atom stereocenters. The van der Waals surface area contributed by atoms with Crippen molar-refractivity contribution in [3.05, 3.63) is 23.7 Å². The molecule has 0 saturated carbocycles. The van der Waals surface area contributed by atoms with Crippen molar-refractivity contribution in [1.29, 1.82) is 0 Å². The third-order valence-corrected chi connectivity index (χ3v) is 3.35. The molecule has 0 amide bonds. The molecule has 0 aromatic heterocycles. The van der Waals surface area contributed by atoms with Crippen LogP contribution in [0.3, 0.4) is 0 Å². The van der Waals surface area contributed by atoms with Gasteiger partial charge in [-0.2, -0.15) is 0 Å². The molecule has 3 aliphatic rings. The summed E-state index contributed by atoms with van der Waals surface area (Å²) >= 11 is 0. The summed E-state index contributed by atoms with van der Waals surface area (Å²) < 4.78 is 16.2. The van der Waals surface area contributed by atoms with Crippen molar-refractivity contribution in [3.8, 4) is 0 Å². The number of rotatable bonds is 1. The summed E-state index contributed by atoms with van der Waals surface area (Å²) in [6.45, 7) is 0.729. The minimum atomic E-state index is -0.517. The first-order valence-electron chi connectivity index (χ1n) is 5.23. The second-order valence-corrected chi connectivity index (χ2v) is 4.15. The summed E-state index contributed by atoms with van der Waals surface area (Å²) in [5, 5.41) is 10.00. The van der Waals surface area contributed by atoms with E-state index in [4.69, 9.17) is 14.2 Å². The van der Waals surface area contributed by atoms with Crippen molar-refractivity contribution in [2.45, 2.75) is 18.8 Å². The lowest BCUT2D eigenvalue weighted by Crippen LogP contribution is -2.27. The molecule has 3 rings (SSSR count). The molecule has 0 bridgehead atoms. The van der Waals surface area contributed by atoms with Crippen molar-refractivity contribution in [2.24, 2.45) is 11.8 Å². The Morgan fingerprint density at radius 2 is 2.40 bits per heavy atom. The molecule has 4 heteroatoms. The highest BCUT2D eigenvalue weighted by Crippen LogP contribution is 2.46. The Bertz CT molecular complexity index is 333. The molecule has 2 saturated heterocycles. The Morgan fingerprint density at radius 3 is 3.20 bits per heavy atom. The highest BCUT2D eigenvalue weighted by molar-refractivity contribution is 5.28. The molecule has 0 spiro atoms. The van der Waals surface area contributed by atoms with Crippen molar-refractivity contribution < 1.29 is 19.3 Å². The zero-order valence-corrected chi connectivity index (χ0v) is 8.55. The van der Waals surface area contributed by atoms with E-state index < -0.39 is 6.10 Å². The zero-order chi connectivity index (χ0) is 10.4. The van der Waals surface area contributed by atoms with Gasteiger partial charge < -0.3 is 19.3 Å². The summed E-state index contributed by atoms with van der Waals surface area (Å²) in [7, 11) is 1.59. The van der Waals surface area contributed by atoms with Gasteiger partial charge in [0.1, 0.15) is 11.5 Å². The van der Waals surface area contributed by atoms with E-state index in [9.17, 15) is 5.11 Å². The van der Waals surface area contributed by atoms with Crippen LogP contribution in [0.1, 0.15) is 6.42 Å². The first kappa shape index (κ1) is 9.24. The molecule has 0 aromatic rings. The van der Waals surface area contributed by atoms with Gasteiger partial charge in [-0.25, -0.2) is 0 Å². The molecule has 1 aliphatic carbocycles. The maximum absolute atomic E-state index is 10.00. The number of hydrogen-bond acceptors (Lipinski definition) is 4. The Kier molecular flexibility index (Phi) is 2.00. The van der Waals surface area contributed by atoms with E-state index in [1.54, 1.807) is 13.2 Å². The number of hydrogen-bond donors (Lipinski definition) is 1. The van der Waals surface area contributed by atoms with Gasteiger partial charge in [0, 0.05) is 12.0 Å². The average molecular weight is 210 g/mol. The fraction of sp³-hybridized carbons (Fsp3) is 0.636. The molecule has 82 valence electrons. The van der Waals surface area contributed by atoms with Crippen LogP contribution in [0.2, 0.25) is 0 Å². The summed E-state index contributed by atoms with van der Waals surface area (Å²) in [5.41, 5.74) is 0. The summed E-state index contributed by atoms with van der Waals surface area (Å²) in [6.07, 6.45) is 3.86. The minimum absolute atomic E-state index is 0.0522. The monoisotopic (exact) mass is 210 g/mol. The van der Waals surface area contributed by atoms with E-state index in [-0.39, 0.29) is 12.2 Å². The predicted molar refractivity (Wildman–Crippen MR) is 51.6 cm³/mol. The van der Waals surface area contributed by atoms with Gasteiger partial charge in [-0.05, 0) is 12.5 Å². The van der Waals surface area contributed by atoms with E-state index in [0.717, 1.165) is 18.8 Å². The van der Waals surface area contributed by atoms with Gasteiger partial charge in [0.05, 0.1) is 25.7 Å². The quantitative estimate of drug-likeness (QED) is 0.695. The maximum Gasteiger partial charge on any atom is 0.203 e. The topological polar surface area (TPSA) is 47.9 Å². The Morgan fingerprint density at radius 1 is 1.53 bits per heavy atom. The van der Waals surface area contributed by atoms with Crippen LogP contribution in [0.15, 0.2) is 23.7 Å². The average Bonchev–Trinajstić information content (AvgIpc) is 2.75. The van der Waals surface area contributed by atoms with E-state index in [0.29, 0.717) is 11.7 Å². The summed E-state index contributed by atoms with van der Waals surface area (Å²) in [6, 6.07) is 0. The number of aliphatic hydroxyl groups excluding tert-OH is 1. The van der Waals surface area contributed by atoms with Crippen molar-refractivity contribution >= 4 is 0 Å². The Balaban J connectivity index is 1.91. The van der Waals surface area contributed by atoms with Crippen LogP contribution < -0.4 is 0 Å². The highest BCUT2D eigenvalue weighted by atomic mass is 16.7. The summed E-state index contributed by atoms with van der Waals surface area (Å²) in [4.78, 5) is 0. The second kappa shape index (κ2) is 3.25. The van der Waals surface area contributed by atoms with Gasteiger partial charge in [0.25, 0.3) is 0 Å². The van der Waals surface area contributed by atoms with Gasteiger partial charge in [-0.1, -0.05) is 0 Å². The van der Waals surface area contributed by atoms with Crippen LogP contribution in [-0.2, 0) is 14.2 Å². The molecule has 2 fully saturated rings. The number of aliphatic hydroxyl groups is 1. The van der Waals surface area contributed by atoms with Crippen LogP contribution in [-0.4, -0.2) is 31.2 Å². The Hall–Kier alpha value is -1.00. The van der Waals surface area contributed by atoms with Gasteiger partial charge in [-0.3, -0.25) is 0 Å². The van der Waals surface area contributed by atoms with Crippen LogP contribution in [0, 0.1) is 11.8 Å². The van der Waals surface area contributed by atoms with Gasteiger partial charge in [0.15, 0.2) is 0 Å². The van der Waals surface area contributed by atoms with E-state index in [1.807, 2.05) is 6.08 Å². The molecule has 2 heterocycles. The van der Waals surface area contributed by atoms with Gasteiger partial charge in [-0.15, -0.1) is 0 Å². The Labute approximate surface area is 88.1 Å². The fourth-order valence-corrected chi connectivity index (χ4v) is 2.61. The lowest BCUT2D eigenvalue weighted by atomic mass is 9.84. The molecule has 0 radical (unpaired) electrons.